The second-order valence-electron chi connectivity index (χ2n) is 3.53. The minimum Gasteiger partial charge on any atom is -0.351 e. The van der Waals surface area contributed by atoms with E-state index in [2.05, 4.69) is 10.6 Å². The van der Waals surface area contributed by atoms with E-state index in [0.717, 1.165) is 24.7 Å². The molecule has 0 saturated heterocycles. The van der Waals surface area contributed by atoms with Crippen molar-refractivity contribution in [3.8, 4) is 0 Å². The molecule has 0 unspecified atom stereocenters. The molecule has 1 aromatic rings. The van der Waals surface area contributed by atoms with Gasteiger partial charge in [0.05, 0.1) is 4.92 Å². The molecule has 0 aromatic heterocycles. The molecule has 0 aliphatic carbocycles. The first kappa shape index (κ1) is 17.3. The van der Waals surface area contributed by atoms with Gasteiger partial charge in [0.1, 0.15) is 11.4 Å². The summed E-state index contributed by atoms with van der Waals surface area (Å²) in [6, 6.07) is 2.79. The van der Waals surface area contributed by atoms with Gasteiger partial charge in [-0.25, -0.2) is 4.39 Å². The van der Waals surface area contributed by atoms with Crippen LogP contribution < -0.4 is 10.6 Å². The number of benzene rings is 1. The van der Waals surface area contributed by atoms with E-state index in [1.54, 1.807) is 0 Å². The molecule has 1 rings (SSSR count). The molecular formula is C11H15ClFN3O3. The van der Waals surface area contributed by atoms with Crippen LogP contribution in [-0.2, 0) is 0 Å². The van der Waals surface area contributed by atoms with Gasteiger partial charge in [0, 0.05) is 19.2 Å². The number of carbonyl (C=O) groups is 1. The number of hydrogen-bond donors (Lipinski definition) is 2. The van der Waals surface area contributed by atoms with Crippen molar-refractivity contribution >= 4 is 24.0 Å². The van der Waals surface area contributed by atoms with Crippen molar-refractivity contribution in [1.29, 1.82) is 0 Å². The molecule has 0 aliphatic heterocycles. The maximum Gasteiger partial charge on any atom is 0.282 e. The van der Waals surface area contributed by atoms with Crippen LogP contribution in [0.2, 0.25) is 0 Å². The molecule has 19 heavy (non-hydrogen) atoms. The maximum absolute atomic E-state index is 13.0. The number of rotatable bonds is 6. The average Bonchev–Trinajstić information content (AvgIpc) is 2.34. The first-order chi connectivity index (χ1) is 8.56. The van der Waals surface area contributed by atoms with Crippen molar-refractivity contribution < 1.29 is 14.1 Å². The Hall–Kier alpha value is -1.73. The van der Waals surface area contributed by atoms with Gasteiger partial charge in [0.15, 0.2) is 0 Å². The lowest BCUT2D eigenvalue weighted by Crippen LogP contribution is -2.32. The Balaban J connectivity index is 0.00000324. The topological polar surface area (TPSA) is 84.3 Å². The predicted octanol–water partition coefficient (Wildman–Crippen LogP) is 1.49. The molecule has 106 valence electrons. The highest BCUT2D eigenvalue weighted by Crippen LogP contribution is 2.19. The van der Waals surface area contributed by atoms with Crippen LogP contribution in [0.25, 0.3) is 0 Å². The zero-order valence-corrected chi connectivity index (χ0v) is 11.1. The summed E-state index contributed by atoms with van der Waals surface area (Å²) in [5.74, 6) is -1.34. The van der Waals surface area contributed by atoms with Gasteiger partial charge in [0.2, 0.25) is 0 Å². The van der Waals surface area contributed by atoms with Gasteiger partial charge in [-0.05, 0) is 18.7 Å². The largest absolute Gasteiger partial charge is 0.351 e. The van der Waals surface area contributed by atoms with Crippen molar-refractivity contribution in [2.75, 3.05) is 19.6 Å². The molecular weight excluding hydrogens is 277 g/mol. The molecule has 0 spiro atoms. The summed E-state index contributed by atoms with van der Waals surface area (Å²) in [6.45, 7) is 3.54. The summed E-state index contributed by atoms with van der Waals surface area (Å²) in [7, 11) is 0. The third-order valence-corrected chi connectivity index (χ3v) is 2.24. The van der Waals surface area contributed by atoms with Crippen molar-refractivity contribution in [3.05, 3.63) is 39.7 Å². The van der Waals surface area contributed by atoms with E-state index in [0.29, 0.717) is 13.1 Å². The molecule has 6 nitrogen and oxygen atoms in total. The molecule has 2 N–H and O–H groups in total. The molecule has 1 amide bonds. The molecule has 8 heteroatoms. The molecule has 0 aliphatic rings. The van der Waals surface area contributed by atoms with Crippen LogP contribution in [0.4, 0.5) is 10.1 Å². The Morgan fingerprint density at radius 2 is 2.11 bits per heavy atom. The van der Waals surface area contributed by atoms with Crippen LogP contribution in [0.15, 0.2) is 18.2 Å². The maximum atomic E-state index is 13.0. The van der Waals surface area contributed by atoms with E-state index in [1.807, 2.05) is 6.92 Å². The Bertz CT molecular complexity index is 457. The molecule has 0 bridgehead atoms. The van der Waals surface area contributed by atoms with Crippen LogP contribution in [0.5, 0.6) is 0 Å². The van der Waals surface area contributed by atoms with E-state index < -0.39 is 22.3 Å². The number of halogens is 2. The lowest BCUT2D eigenvalue weighted by Gasteiger charge is -2.06. The predicted molar refractivity (Wildman–Crippen MR) is 71.2 cm³/mol. The van der Waals surface area contributed by atoms with Gasteiger partial charge in [-0.1, -0.05) is 6.92 Å². The first-order valence-electron chi connectivity index (χ1n) is 5.49. The van der Waals surface area contributed by atoms with Crippen LogP contribution in [0.1, 0.15) is 17.3 Å². The van der Waals surface area contributed by atoms with Crippen molar-refractivity contribution in [1.82, 2.24) is 10.6 Å². The van der Waals surface area contributed by atoms with E-state index in [-0.39, 0.29) is 18.0 Å². The number of likely N-dealkylation sites (N-methyl/N-ethyl adjacent to an activating group) is 1. The standard InChI is InChI=1S/C11H14FN3O3.ClH/c1-2-13-5-6-14-11(16)9-7-8(12)3-4-10(9)15(17)18;/h3-4,7,13H,2,5-6H2,1H3,(H,14,16);1H. The molecule has 0 fully saturated rings. The van der Waals surface area contributed by atoms with Gasteiger partial charge in [-0.2, -0.15) is 0 Å². The monoisotopic (exact) mass is 291 g/mol. The summed E-state index contributed by atoms with van der Waals surface area (Å²) < 4.78 is 13.0. The Morgan fingerprint density at radius 1 is 1.42 bits per heavy atom. The zero-order valence-electron chi connectivity index (χ0n) is 10.3. The highest BCUT2D eigenvalue weighted by molar-refractivity contribution is 5.98. The minimum atomic E-state index is -0.710. The zero-order chi connectivity index (χ0) is 13.5. The Kier molecular flexibility index (Phi) is 7.62. The summed E-state index contributed by atoms with van der Waals surface area (Å²) in [6.07, 6.45) is 0. The van der Waals surface area contributed by atoms with Crippen molar-refractivity contribution in [2.45, 2.75) is 6.92 Å². The van der Waals surface area contributed by atoms with E-state index in [9.17, 15) is 19.3 Å². The molecule has 0 heterocycles. The van der Waals surface area contributed by atoms with E-state index >= 15 is 0 Å². The summed E-state index contributed by atoms with van der Waals surface area (Å²) in [4.78, 5) is 21.7. The lowest BCUT2D eigenvalue weighted by atomic mass is 10.1. The first-order valence-corrected chi connectivity index (χ1v) is 5.49. The average molecular weight is 292 g/mol. The highest BCUT2D eigenvalue weighted by Gasteiger charge is 2.20. The Labute approximate surface area is 115 Å². The third-order valence-electron chi connectivity index (χ3n) is 2.24. The van der Waals surface area contributed by atoms with Crippen LogP contribution in [0, 0.1) is 15.9 Å². The van der Waals surface area contributed by atoms with Crippen molar-refractivity contribution in [3.63, 3.8) is 0 Å². The smallest absolute Gasteiger partial charge is 0.282 e. The third kappa shape index (κ3) is 5.19. The van der Waals surface area contributed by atoms with E-state index in [1.165, 1.54) is 0 Å². The lowest BCUT2D eigenvalue weighted by molar-refractivity contribution is -0.385. The highest BCUT2D eigenvalue weighted by atomic mass is 35.5. The van der Waals surface area contributed by atoms with Crippen LogP contribution >= 0.6 is 12.4 Å². The molecule has 0 saturated carbocycles. The van der Waals surface area contributed by atoms with Gasteiger partial charge < -0.3 is 10.6 Å². The fraction of sp³-hybridized carbons (Fsp3) is 0.364. The quantitative estimate of drug-likeness (QED) is 0.472. The fourth-order valence-corrected chi connectivity index (χ4v) is 1.39. The summed E-state index contributed by atoms with van der Waals surface area (Å²) in [5, 5.41) is 16.2. The van der Waals surface area contributed by atoms with Gasteiger partial charge >= 0.3 is 0 Å². The second kappa shape index (κ2) is 8.39. The van der Waals surface area contributed by atoms with Crippen molar-refractivity contribution in [2.24, 2.45) is 0 Å². The van der Waals surface area contributed by atoms with Gasteiger partial charge in [0.25, 0.3) is 11.6 Å². The Morgan fingerprint density at radius 3 is 2.68 bits per heavy atom. The number of nitrogens with zero attached hydrogens (tertiary/aromatic N) is 1. The summed E-state index contributed by atoms with van der Waals surface area (Å²) >= 11 is 0. The SMILES string of the molecule is CCNCCNC(=O)c1cc(F)ccc1[N+](=O)[O-].Cl. The van der Waals surface area contributed by atoms with Crippen LogP contribution in [0.3, 0.4) is 0 Å². The normalized spacial score (nSPS) is 9.58. The fourth-order valence-electron chi connectivity index (χ4n) is 1.39. The number of hydrogen-bond acceptors (Lipinski definition) is 4. The number of carbonyl (C=O) groups excluding carboxylic acids is 1. The minimum absolute atomic E-state index is 0. The van der Waals surface area contributed by atoms with E-state index in [4.69, 9.17) is 0 Å². The molecule has 1 aromatic carbocycles. The number of nitro benzene ring substituents is 1. The number of nitrogens with one attached hydrogen (secondary N) is 2. The molecule has 0 radical (unpaired) electrons. The second-order valence-corrected chi connectivity index (χ2v) is 3.53. The van der Waals surface area contributed by atoms with Gasteiger partial charge in [-0.15, -0.1) is 12.4 Å². The number of nitro groups is 1. The molecule has 0 atom stereocenters. The summed E-state index contributed by atoms with van der Waals surface area (Å²) in [5.41, 5.74) is -0.672. The van der Waals surface area contributed by atoms with Crippen LogP contribution in [-0.4, -0.2) is 30.5 Å². The number of amides is 1. The van der Waals surface area contributed by atoms with Gasteiger partial charge in [-0.3, -0.25) is 14.9 Å².